The van der Waals surface area contributed by atoms with Crippen molar-refractivity contribution in [3.8, 4) is 0 Å². The fraction of sp³-hybridized carbons (Fsp3) is 0.917. The number of nitrogens with two attached hydrogens (primary N) is 1. The van der Waals surface area contributed by atoms with Crippen LogP contribution in [0.2, 0.25) is 0 Å². The van der Waals surface area contributed by atoms with Crippen LogP contribution in [0.3, 0.4) is 0 Å². The van der Waals surface area contributed by atoms with Gasteiger partial charge in [-0.25, -0.2) is 5.48 Å². The van der Waals surface area contributed by atoms with Crippen molar-refractivity contribution < 1.29 is 9.63 Å². The second-order valence-corrected chi connectivity index (χ2v) is 5.30. The van der Waals surface area contributed by atoms with Crippen LogP contribution in [0.15, 0.2) is 0 Å². The Morgan fingerprint density at radius 1 is 1.50 bits per heavy atom. The van der Waals surface area contributed by atoms with E-state index in [1.807, 2.05) is 6.92 Å². The quantitative estimate of drug-likeness (QED) is 0.719. The summed E-state index contributed by atoms with van der Waals surface area (Å²) >= 11 is 0. The molecule has 0 bridgehead atoms. The van der Waals surface area contributed by atoms with Crippen LogP contribution in [-0.4, -0.2) is 18.6 Å². The molecule has 0 aromatic carbocycles. The lowest BCUT2D eigenvalue weighted by Gasteiger charge is -2.45. The summed E-state index contributed by atoms with van der Waals surface area (Å²) < 4.78 is 0. The van der Waals surface area contributed by atoms with E-state index in [0.29, 0.717) is 12.5 Å². The average Bonchev–Trinajstić information content (AvgIpc) is 2.23. The third-order valence-corrected chi connectivity index (χ3v) is 4.14. The summed E-state index contributed by atoms with van der Waals surface area (Å²) in [6.45, 7) is 8.71. The van der Waals surface area contributed by atoms with Crippen LogP contribution in [0.4, 0.5) is 0 Å². The molecule has 1 fully saturated rings. The van der Waals surface area contributed by atoms with E-state index in [9.17, 15) is 4.79 Å². The average molecular weight is 228 g/mol. The van der Waals surface area contributed by atoms with Gasteiger partial charge < -0.3 is 5.73 Å². The number of hydroxylamine groups is 1. The van der Waals surface area contributed by atoms with Gasteiger partial charge in [0.1, 0.15) is 0 Å². The predicted octanol–water partition coefficient (Wildman–Crippen LogP) is 1.45. The molecule has 3 unspecified atom stereocenters. The van der Waals surface area contributed by atoms with Gasteiger partial charge in [0.15, 0.2) is 0 Å². The smallest absolute Gasteiger partial charge is 0.247 e. The number of rotatable bonds is 3. The molecule has 16 heavy (non-hydrogen) atoms. The van der Waals surface area contributed by atoms with Crippen LogP contribution in [0.25, 0.3) is 0 Å². The van der Waals surface area contributed by atoms with Crippen molar-refractivity contribution in [2.45, 2.75) is 46.6 Å². The van der Waals surface area contributed by atoms with Crippen LogP contribution in [0, 0.1) is 17.3 Å². The van der Waals surface area contributed by atoms with Crippen molar-refractivity contribution >= 4 is 5.91 Å². The lowest BCUT2D eigenvalue weighted by atomic mass is 9.61. The number of amides is 1. The largest absolute Gasteiger partial charge is 0.327 e. The Kier molecular flexibility index (Phi) is 4.33. The molecule has 94 valence electrons. The highest BCUT2D eigenvalue weighted by molar-refractivity contribution is 5.78. The maximum atomic E-state index is 11.9. The second-order valence-electron chi connectivity index (χ2n) is 5.30. The Morgan fingerprint density at radius 2 is 2.12 bits per heavy atom. The number of carbonyl (C=O) groups excluding carboxylic acids is 1. The minimum Gasteiger partial charge on any atom is -0.327 e. The molecule has 0 aromatic heterocycles. The first-order valence-corrected chi connectivity index (χ1v) is 6.08. The van der Waals surface area contributed by atoms with Gasteiger partial charge in [-0.15, -0.1) is 0 Å². The molecule has 0 aromatic rings. The Morgan fingerprint density at radius 3 is 2.69 bits per heavy atom. The van der Waals surface area contributed by atoms with Gasteiger partial charge in [-0.1, -0.05) is 20.8 Å². The zero-order valence-corrected chi connectivity index (χ0v) is 10.7. The Bertz CT molecular complexity index is 253. The van der Waals surface area contributed by atoms with Gasteiger partial charge in [-0.3, -0.25) is 9.63 Å². The molecule has 1 aliphatic carbocycles. The lowest BCUT2D eigenvalue weighted by molar-refractivity contribution is -0.145. The van der Waals surface area contributed by atoms with Crippen LogP contribution >= 0.6 is 0 Å². The summed E-state index contributed by atoms with van der Waals surface area (Å²) in [6, 6.07) is 0.200. The lowest BCUT2D eigenvalue weighted by Crippen LogP contribution is -2.51. The molecule has 0 radical (unpaired) electrons. The highest BCUT2D eigenvalue weighted by atomic mass is 16.6. The molecule has 3 atom stereocenters. The van der Waals surface area contributed by atoms with E-state index >= 15 is 0 Å². The maximum Gasteiger partial charge on any atom is 0.247 e. The summed E-state index contributed by atoms with van der Waals surface area (Å²) in [5.74, 6) is 0.332. The number of hydrogen-bond donors (Lipinski definition) is 2. The Balaban J connectivity index is 2.69. The summed E-state index contributed by atoms with van der Waals surface area (Å²) in [6.07, 6.45) is 1.76. The minimum atomic E-state index is -0.0706. The van der Waals surface area contributed by atoms with E-state index in [2.05, 4.69) is 26.3 Å². The second kappa shape index (κ2) is 5.15. The molecular formula is C12H24N2O2. The molecule has 0 aliphatic heterocycles. The van der Waals surface area contributed by atoms with Crippen molar-refractivity contribution in [3.63, 3.8) is 0 Å². The van der Waals surface area contributed by atoms with E-state index in [4.69, 9.17) is 10.6 Å². The summed E-state index contributed by atoms with van der Waals surface area (Å²) in [4.78, 5) is 16.9. The summed E-state index contributed by atoms with van der Waals surface area (Å²) in [5, 5.41) is 0. The van der Waals surface area contributed by atoms with Gasteiger partial charge in [0.05, 0.1) is 6.61 Å². The molecule has 1 amide bonds. The molecule has 4 heteroatoms. The highest BCUT2D eigenvalue weighted by Crippen LogP contribution is 2.44. The van der Waals surface area contributed by atoms with Crippen molar-refractivity contribution in [1.29, 1.82) is 0 Å². The standard InChI is InChI=1S/C12H24N2O2/c1-5-16-14-11(15)9-6-7-10(13)8(2)12(9,3)4/h8-10H,5-7,13H2,1-4H3,(H,14,15). The predicted molar refractivity (Wildman–Crippen MR) is 63.4 cm³/mol. The fourth-order valence-electron chi connectivity index (χ4n) is 2.53. The van der Waals surface area contributed by atoms with E-state index in [1.165, 1.54) is 0 Å². The Hall–Kier alpha value is -0.610. The molecule has 0 spiro atoms. The summed E-state index contributed by atoms with van der Waals surface area (Å²) in [5.41, 5.74) is 8.50. The number of hydrogen-bond acceptors (Lipinski definition) is 3. The maximum absolute atomic E-state index is 11.9. The molecule has 0 saturated heterocycles. The van der Waals surface area contributed by atoms with Crippen LogP contribution < -0.4 is 11.2 Å². The third-order valence-electron chi connectivity index (χ3n) is 4.14. The number of nitrogens with one attached hydrogen (secondary N) is 1. The first-order chi connectivity index (χ1) is 7.41. The Labute approximate surface area is 97.9 Å². The van der Waals surface area contributed by atoms with E-state index in [-0.39, 0.29) is 23.3 Å². The van der Waals surface area contributed by atoms with Gasteiger partial charge in [0.25, 0.3) is 0 Å². The van der Waals surface area contributed by atoms with Gasteiger partial charge in [0, 0.05) is 12.0 Å². The molecule has 1 saturated carbocycles. The van der Waals surface area contributed by atoms with E-state index in [1.54, 1.807) is 0 Å². The minimum absolute atomic E-state index is 0.00569. The zero-order valence-electron chi connectivity index (χ0n) is 10.7. The van der Waals surface area contributed by atoms with Crippen molar-refractivity contribution in [1.82, 2.24) is 5.48 Å². The zero-order chi connectivity index (χ0) is 12.3. The van der Waals surface area contributed by atoms with Gasteiger partial charge in [-0.2, -0.15) is 0 Å². The summed E-state index contributed by atoms with van der Waals surface area (Å²) in [7, 11) is 0. The topological polar surface area (TPSA) is 64.3 Å². The van der Waals surface area contributed by atoms with Crippen molar-refractivity contribution in [2.75, 3.05) is 6.61 Å². The van der Waals surface area contributed by atoms with Gasteiger partial charge in [0.2, 0.25) is 5.91 Å². The normalized spacial score (nSPS) is 33.4. The fourth-order valence-corrected chi connectivity index (χ4v) is 2.53. The highest BCUT2D eigenvalue weighted by Gasteiger charge is 2.45. The van der Waals surface area contributed by atoms with Crippen molar-refractivity contribution in [2.24, 2.45) is 23.0 Å². The molecule has 3 N–H and O–H groups in total. The third kappa shape index (κ3) is 2.55. The van der Waals surface area contributed by atoms with Crippen LogP contribution in [0.5, 0.6) is 0 Å². The van der Waals surface area contributed by atoms with Crippen LogP contribution in [-0.2, 0) is 9.63 Å². The first-order valence-electron chi connectivity index (χ1n) is 6.08. The molecular weight excluding hydrogens is 204 g/mol. The SMILES string of the molecule is CCONC(=O)C1CCC(N)C(C)C1(C)C. The molecule has 0 heterocycles. The molecule has 4 nitrogen and oxygen atoms in total. The van der Waals surface area contributed by atoms with E-state index in [0.717, 1.165) is 12.8 Å². The first kappa shape index (κ1) is 13.5. The number of carbonyl (C=O) groups is 1. The van der Waals surface area contributed by atoms with Crippen molar-refractivity contribution in [3.05, 3.63) is 0 Å². The monoisotopic (exact) mass is 228 g/mol. The van der Waals surface area contributed by atoms with Gasteiger partial charge >= 0.3 is 0 Å². The molecule has 1 aliphatic rings. The van der Waals surface area contributed by atoms with E-state index < -0.39 is 0 Å². The van der Waals surface area contributed by atoms with Crippen LogP contribution in [0.1, 0.15) is 40.5 Å². The molecule has 1 rings (SSSR count). The van der Waals surface area contributed by atoms with Gasteiger partial charge in [-0.05, 0) is 31.1 Å².